The summed E-state index contributed by atoms with van der Waals surface area (Å²) in [5.41, 5.74) is 10.4. The molecule has 0 bridgehead atoms. The summed E-state index contributed by atoms with van der Waals surface area (Å²) in [5.74, 6) is 0. The molecule has 0 N–H and O–H groups in total. The Morgan fingerprint density at radius 1 is 0.833 bits per heavy atom. The van der Waals surface area contributed by atoms with Gasteiger partial charge in [0.15, 0.2) is 0 Å². The van der Waals surface area contributed by atoms with Gasteiger partial charge < -0.3 is 4.57 Å². The number of rotatable bonds is 2. The monoisotopic (exact) mass is 388 g/mol. The van der Waals surface area contributed by atoms with Gasteiger partial charge in [-0.1, -0.05) is 62.4 Å². The summed E-state index contributed by atoms with van der Waals surface area (Å²) < 4.78 is 2.50. The Hall–Kier alpha value is -3.39. The molecule has 2 aromatic heterocycles. The van der Waals surface area contributed by atoms with Crippen molar-refractivity contribution in [3.63, 3.8) is 0 Å². The molecule has 0 saturated heterocycles. The van der Waals surface area contributed by atoms with Gasteiger partial charge in [-0.05, 0) is 53.4 Å². The number of fused-ring (bicyclic) bond motifs is 7. The molecule has 3 aromatic carbocycles. The molecule has 0 aliphatic heterocycles. The molecular formula is C28H24N2. The van der Waals surface area contributed by atoms with E-state index >= 15 is 0 Å². The van der Waals surface area contributed by atoms with Crippen LogP contribution in [0.1, 0.15) is 31.9 Å². The lowest BCUT2D eigenvalue weighted by Gasteiger charge is -2.23. The first-order chi connectivity index (χ1) is 14.6. The second kappa shape index (κ2) is 6.06. The first kappa shape index (κ1) is 17.5. The van der Waals surface area contributed by atoms with Gasteiger partial charge in [0, 0.05) is 40.0 Å². The van der Waals surface area contributed by atoms with Crippen molar-refractivity contribution in [1.29, 1.82) is 0 Å². The van der Waals surface area contributed by atoms with E-state index in [0.717, 1.165) is 12.2 Å². The van der Waals surface area contributed by atoms with Gasteiger partial charge in [-0.15, -0.1) is 0 Å². The van der Waals surface area contributed by atoms with Crippen LogP contribution in [0.25, 0.3) is 44.2 Å². The Bertz CT molecular complexity index is 1440. The first-order valence-corrected chi connectivity index (χ1v) is 10.7. The van der Waals surface area contributed by atoms with Crippen LogP contribution in [0, 0.1) is 0 Å². The second-order valence-electron chi connectivity index (χ2n) is 8.75. The zero-order chi connectivity index (χ0) is 20.5. The highest BCUT2D eigenvalue weighted by atomic mass is 15.0. The molecule has 2 nitrogen and oxygen atoms in total. The fraction of sp³-hybridized carbons (Fsp3) is 0.179. The van der Waals surface area contributed by atoms with E-state index in [1.807, 2.05) is 12.3 Å². The minimum Gasteiger partial charge on any atom is -0.340 e. The Morgan fingerprint density at radius 3 is 2.47 bits per heavy atom. The number of aryl methyl sites for hydroxylation is 1. The van der Waals surface area contributed by atoms with Gasteiger partial charge in [0.25, 0.3) is 0 Å². The number of hydrogen-bond acceptors (Lipinski definition) is 1. The van der Waals surface area contributed by atoms with Crippen LogP contribution < -0.4 is 0 Å². The standard InChI is InChI=1S/C28H24N2/c1-4-30-25-11-6-5-9-19(25)21-14-13-20-22-17-18(24-10-7-8-16-29-24)12-15-23(22)28(2,3)26(20)27(21)30/h5-17H,4H2,1-3H3. The van der Waals surface area contributed by atoms with Crippen molar-refractivity contribution >= 4 is 21.8 Å². The van der Waals surface area contributed by atoms with E-state index in [9.17, 15) is 0 Å². The molecule has 0 fully saturated rings. The SMILES string of the molecule is CCn1c2ccccc2c2ccc3c(c21)C(C)(C)c1ccc(-c2ccccn2)cc1-3. The lowest BCUT2D eigenvalue weighted by Crippen LogP contribution is -2.16. The number of aromatic nitrogens is 2. The lowest BCUT2D eigenvalue weighted by molar-refractivity contribution is 0.659. The third kappa shape index (κ3) is 2.16. The van der Waals surface area contributed by atoms with Crippen molar-refractivity contribution in [3.05, 3.63) is 90.1 Å². The van der Waals surface area contributed by atoms with Gasteiger partial charge in [0.1, 0.15) is 0 Å². The van der Waals surface area contributed by atoms with E-state index in [0.29, 0.717) is 0 Å². The van der Waals surface area contributed by atoms with Crippen molar-refractivity contribution in [2.24, 2.45) is 0 Å². The van der Waals surface area contributed by atoms with Crippen LogP contribution in [0.5, 0.6) is 0 Å². The Balaban J connectivity index is 1.70. The van der Waals surface area contributed by atoms with Gasteiger partial charge in [-0.2, -0.15) is 0 Å². The smallest absolute Gasteiger partial charge is 0.0702 e. The van der Waals surface area contributed by atoms with Crippen LogP contribution >= 0.6 is 0 Å². The second-order valence-corrected chi connectivity index (χ2v) is 8.75. The van der Waals surface area contributed by atoms with Gasteiger partial charge in [-0.3, -0.25) is 4.98 Å². The van der Waals surface area contributed by atoms with E-state index in [2.05, 4.69) is 97.1 Å². The molecule has 0 atom stereocenters. The van der Waals surface area contributed by atoms with Gasteiger partial charge in [0.2, 0.25) is 0 Å². The molecule has 30 heavy (non-hydrogen) atoms. The Kier molecular flexibility index (Phi) is 3.53. The number of benzene rings is 3. The van der Waals surface area contributed by atoms with Crippen molar-refractivity contribution in [2.75, 3.05) is 0 Å². The van der Waals surface area contributed by atoms with Gasteiger partial charge >= 0.3 is 0 Å². The van der Waals surface area contributed by atoms with Crippen molar-refractivity contribution < 1.29 is 0 Å². The van der Waals surface area contributed by atoms with Crippen LogP contribution in [0.2, 0.25) is 0 Å². The third-order valence-electron chi connectivity index (χ3n) is 6.82. The molecule has 0 amide bonds. The highest BCUT2D eigenvalue weighted by Crippen LogP contribution is 2.53. The minimum absolute atomic E-state index is 0.0475. The number of nitrogens with zero attached hydrogens (tertiary/aromatic N) is 2. The van der Waals surface area contributed by atoms with Crippen LogP contribution in [0.15, 0.2) is 79.0 Å². The maximum absolute atomic E-state index is 4.57. The molecule has 1 aliphatic rings. The lowest BCUT2D eigenvalue weighted by atomic mass is 9.81. The average Bonchev–Trinajstić information content (AvgIpc) is 3.23. The summed E-state index contributed by atoms with van der Waals surface area (Å²) in [6, 6.07) is 26.4. The zero-order valence-electron chi connectivity index (χ0n) is 17.6. The molecule has 0 saturated carbocycles. The van der Waals surface area contributed by atoms with E-state index in [1.54, 1.807) is 0 Å². The Morgan fingerprint density at radius 2 is 1.67 bits per heavy atom. The molecule has 1 aliphatic carbocycles. The molecule has 6 rings (SSSR count). The fourth-order valence-corrected chi connectivity index (χ4v) is 5.47. The predicted molar refractivity (Wildman–Crippen MR) is 126 cm³/mol. The largest absolute Gasteiger partial charge is 0.340 e. The third-order valence-corrected chi connectivity index (χ3v) is 6.82. The Labute approximate surface area is 176 Å². The summed E-state index contributed by atoms with van der Waals surface area (Å²) in [7, 11) is 0. The van der Waals surface area contributed by atoms with Crippen molar-refractivity contribution in [1.82, 2.24) is 9.55 Å². The van der Waals surface area contributed by atoms with E-state index in [4.69, 9.17) is 0 Å². The molecule has 2 heteroatoms. The molecule has 0 spiro atoms. The van der Waals surface area contributed by atoms with Crippen LogP contribution in [0.4, 0.5) is 0 Å². The molecule has 0 unspecified atom stereocenters. The summed E-state index contributed by atoms with van der Waals surface area (Å²) in [5, 5.41) is 2.70. The zero-order valence-corrected chi connectivity index (χ0v) is 17.6. The van der Waals surface area contributed by atoms with Crippen molar-refractivity contribution in [3.8, 4) is 22.4 Å². The van der Waals surface area contributed by atoms with Crippen molar-refractivity contribution in [2.45, 2.75) is 32.7 Å². The number of hydrogen-bond donors (Lipinski definition) is 0. The van der Waals surface area contributed by atoms with Crippen LogP contribution in [0.3, 0.4) is 0 Å². The summed E-state index contributed by atoms with van der Waals surface area (Å²) in [4.78, 5) is 4.57. The van der Waals surface area contributed by atoms with Crippen LogP contribution in [-0.4, -0.2) is 9.55 Å². The normalized spacial score (nSPS) is 14.2. The quantitative estimate of drug-likeness (QED) is 0.313. The maximum atomic E-state index is 4.57. The van der Waals surface area contributed by atoms with E-state index < -0.39 is 0 Å². The summed E-state index contributed by atoms with van der Waals surface area (Å²) in [6.45, 7) is 7.95. The van der Waals surface area contributed by atoms with Crippen LogP contribution in [-0.2, 0) is 12.0 Å². The molecule has 2 heterocycles. The highest BCUT2D eigenvalue weighted by Gasteiger charge is 2.38. The average molecular weight is 389 g/mol. The molecule has 5 aromatic rings. The van der Waals surface area contributed by atoms with Gasteiger partial charge in [-0.25, -0.2) is 0 Å². The molecule has 146 valence electrons. The number of pyridine rings is 1. The number of para-hydroxylation sites is 1. The highest BCUT2D eigenvalue weighted by molar-refractivity contribution is 6.12. The minimum atomic E-state index is -0.0475. The van der Waals surface area contributed by atoms with E-state index in [-0.39, 0.29) is 5.41 Å². The molecule has 0 radical (unpaired) electrons. The maximum Gasteiger partial charge on any atom is 0.0702 e. The molecular weight excluding hydrogens is 364 g/mol. The fourth-order valence-electron chi connectivity index (χ4n) is 5.47. The topological polar surface area (TPSA) is 17.8 Å². The predicted octanol–water partition coefficient (Wildman–Crippen LogP) is 7.18. The van der Waals surface area contributed by atoms with Gasteiger partial charge in [0.05, 0.1) is 11.2 Å². The first-order valence-electron chi connectivity index (χ1n) is 10.7. The van der Waals surface area contributed by atoms with E-state index in [1.165, 1.54) is 49.6 Å². The summed E-state index contributed by atoms with van der Waals surface area (Å²) in [6.07, 6.45) is 1.86. The summed E-state index contributed by atoms with van der Waals surface area (Å²) >= 11 is 0.